The summed E-state index contributed by atoms with van der Waals surface area (Å²) in [4.78, 5) is 11.6. The molecule has 2 rings (SSSR count). The van der Waals surface area contributed by atoms with Gasteiger partial charge in [0.15, 0.2) is 0 Å². The van der Waals surface area contributed by atoms with E-state index in [1.807, 2.05) is 24.3 Å². The van der Waals surface area contributed by atoms with Crippen molar-refractivity contribution in [2.24, 2.45) is 5.92 Å². The number of rotatable bonds is 2. The first kappa shape index (κ1) is 11.5. The molecule has 0 saturated heterocycles. The van der Waals surface area contributed by atoms with Crippen LogP contribution in [0, 0.1) is 5.92 Å². The van der Waals surface area contributed by atoms with Crippen molar-refractivity contribution in [2.45, 2.75) is 13.8 Å². The lowest BCUT2D eigenvalue weighted by Crippen LogP contribution is -2.14. The van der Waals surface area contributed by atoms with Crippen molar-refractivity contribution in [3.63, 3.8) is 0 Å². The zero-order chi connectivity index (χ0) is 12.4. The van der Waals surface area contributed by atoms with Crippen molar-refractivity contribution in [1.29, 1.82) is 0 Å². The summed E-state index contributed by atoms with van der Waals surface area (Å²) < 4.78 is 5.27. The van der Waals surface area contributed by atoms with Gasteiger partial charge in [0, 0.05) is 11.5 Å². The van der Waals surface area contributed by atoms with E-state index in [0.717, 1.165) is 10.8 Å². The Morgan fingerprint density at radius 3 is 2.65 bits per heavy atom. The molecule has 0 aliphatic heterocycles. The summed E-state index contributed by atoms with van der Waals surface area (Å²) in [6.07, 6.45) is 0. The lowest BCUT2D eigenvalue weighted by Gasteiger charge is -2.10. The van der Waals surface area contributed by atoms with Crippen LogP contribution >= 0.6 is 0 Å². The first-order chi connectivity index (χ1) is 8.08. The van der Waals surface area contributed by atoms with E-state index in [2.05, 4.69) is 0 Å². The first-order valence-electron chi connectivity index (χ1n) is 5.51. The van der Waals surface area contributed by atoms with Crippen molar-refractivity contribution in [3.05, 3.63) is 36.4 Å². The van der Waals surface area contributed by atoms with Crippen molar-refractivity contribution < 1.29 is 14.6 Å². The van der Waals surface area contributed by atoms with Gasteiger partial charge >= 0.3 is 5.97 Å². The molecule has 0 amide bonds. The Labute approximate surface area is 99.6 Å². The molecule has 1 N–H and O–H groups in total. The van der Waals surface area contributed by atoms with Crippen molar-refractivity contribution in [1.82, 2.24) is 0 Å². The Kier molecular flexibility index (Phi) is 3.00. The molecule has 0 aliphatic rings. The summed E-state index contributed by atoms with van der Waals surface area (Å²) in [7, 11) is 0. The summed E-state index contributed by atoms with van der Waals surface area (Å²) >= 11 is 0. The van der Waals surface area contributed by atoms with E-state index in [0.29, 0.717) is 5.75 Å². The van der Waals surface area contributed by atoms with Gasteiger partial charge in [0.25, 0.3) is 0 Å². The molecule has 17 heavy (non-hydrogen) atoms. The van der Waals surface area contributed by atoms with Crippen LogP contribution in [0.1, 0.15) is 13.8 Å². The lowest BCUT2D eigenvalue weighted by atomic mass is 10.1. The summed E-state index contributed by atoms with van der Waals surface area (Å²) in [5.74, 6) is -0.00794. The molecule has 88 valence electrons. The first-order valence-corrected chi connectivity index (χ1v) is 5.51. The smallest absolute Gasteiger partial charge is 0.313 e. The number of ether oxygens (including phenoxy) is 1. The third kappa shape index (κ3) is 2.38. The van der Waals surface area contributed by atoms with E-state index in [4.69, 9.17) is 4.74 Å². The van der Waals surface area contributed by atoms with Crippen LogP contribution in [-0.2, 0) is 4.79 Å². The Morgan fingerprint density at radius 2 is 1.94 bits per heavy atom. The SMILES string of the molecule is CC(C)C(=O)Oc1cc(O)cc2ccccc12. The van der Waals surface area contributed by atoms with Gasteiger partial charge in [0.2, 0.25) is 0 Å². The molecule has 0 aliphatic carbocycles. The fourth-order valence-electron chi connectivity index (χ4n) is 1.57. The average Bonchev–Trinajstić information content (AvgIpc) is 2.28. The zero-order valence-corrected chi connectivity index (χ0v) is 9.81. The number of phenolic OH excluding ortho intramolecular Hbond substituents is 1. The molecule has 0 fully saturated rings. The molecule has 0 heterocycles. The number of carbonyl (C=O) groups excluding carboxylic acids is 1. The monoisotopic (exact) mass is 230 g/mol. The molecule has 0 atom stereocenters. The van der Waals surface area contributed by atoms with Gasteiger partial charge in [-0.3, -0.25) is 4.79 Å². The predicted octanol–water partition coefficient (Wildman–Crippen LogP) is 3.11. The molecule has 0 radical (unpaired) electrons. The van der Waals surface area contributed by atoms with Crippen LogP contribution in [0.15, 0.2) is 36.4 Å². The van der Waals surface area contributed by atoms with E-state index < -0.39 is 0 Å². The highest BCUT2D eigenvalue weighted by atomic mass is 16.5. The van der Waals surface area contributed by atoms with Gasteiger partial charge in [-0.15, -0.1) is 0 Å². The molecule has 0 aromatic heterocycles. The minimum Gasteiger partial charge on any atom is -0.508 e. The highest BCUT2D eigenvalue weighted by molar-refractivity contribution is 5.91. The molecule has 0 spiro atoms. The number of carbonyl (C=O) groups is 1. The second kappa shape index (κ2) is 4.45. The minimum atomic E-state index is -0.305. The number of hydrogen-bond acceptors (Lipinski definition) is 3. The number of fused-ring (bicyclic) bond motifs is 1. The van der Waals surface area contributed by atoms with E-state index in [1.54, 1.807) is 19.9 Å². The summed E-state index contributed by atoms with van der Waals surface area (Å²) in [5, 5.41) is 11.2. The maximum atomic E-state index is 11.6. The molecular weight excluding hydrogens is 216 g/mol. The minimum absolute atomic E-state index is 0.0928. The van der Waals surface area contributed by atoms with Crippen LogP contribution in [0.5, 0.6) is 11.5 Å². The molecule has 3 heteroatoms. The van der Waals surface area contributed by atoms with Crippen LogP contribution in [0.25, 0.3) is 10.8 Å². The predicted molar refractivity (Wildman–Crippen MR) is 66.1 cm³/mol. The second-order valence-electron chi connectivity index (χ2n) is 4.24. The molecule has 0 bridgehead atoms. The molecule has 3 nitrogen and oxygen atoms in total. The maximum Gasteiger partial charge on any atom is 0.313 e. The molecular formula is C14H14O3. The number of benzene rings is 2. The number of aromatic hydroxyl groups is 1. The summed E-state index contributed by atoms with van der Waals surface area (Å²) in [5.41, 5.74) is 0. The zero-order valence-electron chi connectivity index (χ0n) is 9.81. The topological polar surface area (TPSA) is 46.5 Å². The largest absolute Gasteiger partial charge is 0.508 e. The summed E-state index contributed by atoms with van der Waals surface area (Å²) in [6, 6.07) is 10.6. The fraction of sp³-hybridized carbons (Fsp3) is 0.214. The van der Waals surface area contributed by atoms with Crippen molar-refractivity contribution in [3.8, 4) is 11.5 Å². The van der Waals surface area contributed by atoms with Crippen molar-refractivity contribution >= 4 is 16.7 Å². The molecule has 0 unspecified atom stereocenters. The second-order valence-corrected chi connectivity index (χ2v) is 4.24. The van der Waals surface area contributed by atoms with Crippen LogP contribution in [0.3, 0.4) is 0 Å². The average molecular weight is 230 g/mol. The van der Waals surface area contributed by atoms with Gasteiger partial charge in [-0.05, 0) is 11.5 Å². The van der Waals surface area contributed by atoms with E-state index in [9.17, 15) is 9.90 Å². The Morgan fingerprint density at radius 1 is 1.24 bits per heavy atom. The van der Waals surface area contributed by atoms with Crippen LogP contribution in [-0.4, -0.2) is 11.1 Å². The normalized spacial score (nSPS) is 10.8. The van der Waals surface area contributed by atoms with Crippen LogP contribution in [0.4, 0.5) is 0 Å². The van der Waals surface area contributed by atoms with E-state index >= 15 is 0 Å². The maximum absolute atomic E-state index is 11.6. The number of phenols is 1. The van der Waals surface area contributed by atoms with Gasteiger partial charge in [-0.2, -0.15) is 0 Å². The van der Waals surface area contributed by atoms with Gasteiger partial charge in [0.05, 0.1) is 5.92 Å². The number of hydrogen-bond donors (Lipinski definition) is 1. The molecule has 2 aromatic carbocycles. The third-order valence-electron chi connectivity index (χ3n) is 2.49. The highest BCUT2D eigenvalue weighted by Crippen LogP contribution is 2.30. The number of esters is 1. The van der Waals surface area contributed by atoms with Gasteiger partial charge < -0.3 is 9.84 Å². The standard InChI is InChI=1S/C14H14O3/c1-9(2)14(16)17-13-8-11(15)7-10-5-3-4-6-12(10)13/h3-9,15H,1-2H3. The van der Waals surface area contributed by atoms with Gasteiger partial charge in [-0.1, -0.05) is 38.1 Å². The molecule has 2 aromatic rings. The van der Waals surface area contributed by atoms with Crippen molar-refractivity contribution in [2.75, 3.05) is 0 Å². The van der Waals surface area contributed by atoms with Crippen LogP contribution in [0.2, 0.25) is 0 Å². The quantitative estimate of drug-likeness (QED) is 0.637. The Balaban J connectivity index is 2.49. The van der Waals surface area contributed by atoms with Crippen LogP contribution < -0.4 is 4.74 Å². The molecule has 0 saturated carbocycles. The lowest BCUT2D eigenvalue weighted by molar-refractivity contribution is -0.137. The van der Waals surface area contributed by atoms with E-state index in [-0.39, 0.29) is 17.6 Å². The van der Waals surface area contributed by atoms with E-state index in [1.165, 1.54) is 6.07 Å². The Bertz CT molecular complexity index is 558. The fourth-order valence-corrected chi connectivity index (χ4v) is 1.57. The van der Waals surface area contributed by atoms with Gasteiger partial charge in [0.1, 0.15) is 11.5 Å². The highest BCUT2D eigenvalue weighted by Gasteiger charge is 2.12. The summed E-state index contributed by atoms with van der Waals surface area (Å²) in [6.45, 7) is 3.54. The Hall–Kier alpha value is -2.03. The van der Waals surface area contributed by atoms with Gasteiger partial charge in [-0.25, -0.2) is 0 Å². The third-order valence-corrected chi connectivity index (χ3v) is 2.49.